The Balaban J connectivity index is 2.06. The van der Waals surface area contributed by atoms with Gasteiger partial charge < -0.3 is 26.4 Å². The van der Waals surface area contributed by atoms with Crippen LogP contribution in [-0.2, 0) is 9.59 Å². The Morgan fingerprint density at radius 2 is 1.43 bits per heavy atom. The first-order valence-corrected chi connectivity index (χ1v) is 12.3. The van der Waals surface area contributed by atoms with Gasteiger partial charge in [0.2, 0.25) is 11.8 Å². The molecule has 0 saturated heterocycles. The van der Waals surface area contributed by atoms with E-state index in [1.54, 1.807) is 12.0 Å². The summed E-state index contributed by atoms with van der Waals surface area (Å²) in [6.45, 7) is 2.29. The van der Waals surface area contributed by atoms with Crippen molar-refractivity contribution < 1.29 is 14.3 Å². The van der Waals surface area contributed by atoms with Crippen molar-refractivity contribution in [1.82, 2.24) is 10.2 Å². The third-order valence-electron chi connectivity index (χ3n) is 6.42. The number of nitrogens with two attached hydrogens (primary N) is 2. The first-order chi connectivity index (χ1) is 17.8. The summed E-state index contributed by atoms with van der Waals surface area (Å²) in [6, 6.07) is 25.2. The molecule has 0 aliphatic carbocycles. The normalized spacial score (nSPS) is 12.4. The molecule has 0 aliphatic heterocycles. The van der Waals surface area contributed by atoms with Crippen molar-refractivity contribution in [2.75, 3.05) is 13.7 Å². The van der Waals surface area contributed by atoms with Crippen LogP contribution in [0.1, 0.15) is 48.4 Å². The summed E-state index contributed by atoms with van der Waals surface area (Å²) >= 11 is 0. The van der Waals surface area contributed by atoms with Crippen molar-refractivity contribution in [3.05, 3.63) is 102 Å². The second-order valence-corrected chi connectivity index (χ2v) is 8.85. The van der Waals surface area contributed by atoms with E-state index >= 15 is 0 Å². The molecule has 0 heterocycles. The van der Waals surface area contributed by atoms with E-state index in [1.165, 1.54) is 0 Å². The number of nitrogens with zero attached hydrogens (tertiary/aromatic N) is 1. The van der Waals surface area contributed by atoms with Gasteiger partial charge in [0.1, 0.15) is 11.8 Å². The lowest BCUT2D eigenvalue weighted by atomic mass is 9.88. The van der Waals surface area contributed by atoms with E-state index in [4.69, 9.17) is 21.6 Å². The zero-order valence-corrected chi connectivity index (χ0v) is 21.3. The monoisotopic (exact) mass is 501 g/mol. The van der Waals surface area contributed by atoms with Crippen LogP contribution < -0.4 is 21.5 Å². The molecule has 0 fully saturated rings. The number of carbonyl (C=O) groups excluding carboxylic acids is 2. The summed E-state index contributed by atoms with van der Waals surface area (Å²) in [4.78, 5) is 28.9. The Bertz CT molecular complexity index is 1130. The van der Waals surface area contributed by atoms with Gasteiger partial charge in [0.15, 0.2) is 5.96 Å². The lowest BCUT2D eigenvalue weighted by Gasteiger charge is -2.38. The maximum absolute atomic E-state index is 14.5. The van der Waals surface area contributed by atoms with Crippen LogP contribution in [0.3, 0.4) is 0 Å². The molecule has 0 unspecified atom stereocenters. The van der Waals surface area contributed by atoms with Crippen LogP contribution in [0.25, 0.3) is 0 Å². The van der Waals surface area contributed by atoms with Crippen LogP contribution in [0.2, 0.25) is 0 Å². The van der Waals surface area contributed by atoms with Crippen molar-refractivity contribution in [3.63, 3.8) is 0 Å². The smallest absolute Gasteiger partial charge is 0.240 e. The standard InChI is InChI=1S/C29H35N5O3/c1-20(21-15-17-24(37-2)18-16-21)34(25(27(30)35)14-9-19-33-29(31)32)28(36)26(22-10-5-3-6-11-22)23-12-7-4-8-13-23/h3-8,10-13,15-18,20,25-26H,9,14,19H2,1-2H3,(H2,30,35)(H4,31,32,33)/t20-,25-/m1/s1. The fraction of sp³-hybridized carbons (Fsp3) is 0.276. The number of guanidine groups is 1. The highest BCUT2D eigenvalue weighted by Crippen LogP contribution is 2.33. The van der Waals surface area contributed by atoms with Gasteiger partial charge in [-0.05, 0) is 48.6 Å². The first-order valence-electron chi connectivity index (χ1n) is 12.3. The van der Waals surface area contributed by atoms with Gasteiger partial charge in [0.25, 0.3) is 0 Å². The summed E-state index contributed by atoms with van der Waals surface area (Å²) < 4.78 is 5.29. The lowest BCUT2D eigenvalue weighted by molar-refractivity contribution is -0.142. The predicted octanol–water partition coefficient (Wildman–Crippen LogP) is 3.53. The lowest BCUT2D eigenvalue weighted by Crippen LogP contribution is -2.51. The molecule has 194 valence electrons. The number of benzene rings is 3. The van der Waals surface area contributed by atoms with Crippen molar-refractivity contribution in [1.29, 1.82) is 5.41 Å². The Hall–Kier alpha value is -4.33. The minimum atomic E-state index is -0.867. The molecule has 0 saturated carbocycles. The number of ether oxygens (including phenoxy) is 1. The Morgan fingerprint density at radius 3 is 1.89 bits per heavy atom. The van der Waals surface area contributed by atoms with E-state index in [1.807, 2.05) is 91.9 Å². The van der Waals surface area contributed by atoms with Crippen LogP contribution in [-0.4, -0.2) is 42.4 Å². The van der Waals surface area contributed by atoms with E-state index in [2.05, 4.69) is 5.32 Å². The highest BCUT2D eigenvalue weighted by atomic mass is 16.5. The summed E-state index contributed by atoms with van der Waals surface area (Å²) in [5.74, 6) is -0.883. The van der Waals surface area contributed by atoms with E-state index in [0.717, 1.165) is 16.7 Å². The molecule has 8 heteroatoms. The molecular weight excluding hydrogens is 466 g/mol. The average molecular weight is 502 g/mol. The first kappa shape index (κ1) is 27.3. The van der Waals surface area contributed by atoms with Gasteiger partial charge in [-0.2, -0.15) is 0 Å². The summed E-state index contributed by atoms with van der Waals surface area (Å²) in [5, 5.41) is 10.1. The molecule has 0 spiro atoms. The molecule has 2 amide bonds. The quantitative estimate of drug-likeness (QED) is 0.171. The van der Waals surface area contributed by atoms with Crippen LogP contribution in [0.5, 0.6) is 5.75 Å². The SMILES string of the molecule is COc1ccc([C@@H](C)N(C(=O)C(c2ccccc2)c2ccccc2)[C@H](CCCNC(=N)N)C(N)=O)cc1. The number of rotatable bonds is 12. The molecule has 0 aliphatic rings. The number of amides is 2. The maximum atomic E-state index is 14.5. The van der Waals surface area contributed by atoms with Gasteiger partial charge in [-0.1, -0.05) is 72.8 Å². The van der Waals surface area contributed by atoms with Crippen LogP contribution >= 0.6 is 0 Å². The molecule has 0 bridgehead atoms. The molecule has 3 aromatic carbocycles. The van der Waals surface area contributed by atoms with Crippen LogP contribution in [0.4, 0.5) is 0 Å². The second kappa shape index (κ2) is 13.1. The number of methoxy groups -OCH3 is 1. The molecule has 0 radical (unpaired) electrons. The van der Waals surface area contributed by atoms with Crippen LogP contribution in [0.15, 0.2) is 84.9 Å². The van der Waals surface area contributed by atoms with Gasteiger partial charge in [-0.15, -0.1) is 0 Å². The fourth-order valence-electron chi connectivity index (χ4n) is 4.51. The van der Waals surface area contributed by atoms with Crippen LogP contribution in [0, 0.1) is 5.41 Å². The molecule has 6 N–H and O–H groups in total. The number of hydrogen-bond acceptors (Lipinski definition) is 4. The number of nitrogens with one attached hydrogen (secondary N) is 2. The molecule has 3 rings (SSSR count). The topological polar surface area (TPSA) is 135 Å². The summed E-state index contributed by atoms with van der Waals surface area (Å²) in [6.07, 6.45) is 0.811. The van der Waals surface area contributed by atoms with Crippen molar-refractivity contribution in [2.24, 2.45) is 11.5 Å². The van der Waals surface area contributed by atoms with Gasteiger partial charge in [0, 0.05) is 6.54 Å². The minimum absolute atomic E-state index is 0.150. The van der Waals surface area contributed by atoms with Crippen molar-refractivity contribution in [3.8, 4) is 5.75 Å². The molecular formula is C29H35N5O3. The molecule has 2 atom stereocenters. The van der Waals surface area contributed by atoms with Crippen molar-refractivity contribution >= 4 is 17.8 Å². The van der Waals surface area contributed by atoms with E-state index < -0.39 is 23.9 Å². The Kier molecular flexibility index (Phi) is 9.66. The number of primary amides is 1. The van der Waals surface area contributed by atoms with Crippen molar-refractivity contribution in [2.45, 2.75) is 37.8 Å². The summed E-state index contributed by atoms with van der Waals surface area (Å²) in [5.41, 5.74) is 13.8. The fourth-order valence-corrected chi connectivity index (χ4v) is 4.51. The van der Waals surface area contributed by atoms with E-state index in [-0.39, 0.29) is 11.9 Å². The van der Waals surface area contributed by atoms with E-state index in [9.17, 15) is 9.59 Å². The van der Waals surface area contributed by atoms with Gasteiger partial charge >= 0.3 is 0 Å². The largest absolute Gasteiger partial charge is 0.497 e. The molecule has 37 heavy (non-hydrogen) atoms. The highest BCUT2D eigenvalue weighted by molar-refractivity contribution is 5.92. The van der Waals surface area contributed by atoms with Gasteiger partial charge in [-0.25, -0.2) is 0 Å². The third kappa shape index (κ3) is 7.10. The Labute approximate surface area is 218 Å². The number of carbonyl (C=O) groups is 2. The third-order valence-corrected chi connectivity index (χ3v) is 6.42. The number of hydrogen-bond donors (Lipinski definition) is 4. The molecule has 3 aromatic rings. The Morgan fingerprint density at radius 1 is 0.892 bits per heavy atom. The minimum Gasteiger partial charge on any atom is -0.497 e. The highest BCUT2D eigenvalue weighted by Gasteiger charge is 2.37. The second-order valence-electron chi connectivity index (χ2n) is 8.85. The zero-order valence-electron chi connectivity index (χ0n) is 21.3. The molecule has 0 aromatic heterocycles. The van der Waals surface area contributed by atoms with Gasteiger partial charge in [-0.3, -0.25) is 15.0 Å². The average Bonchev–Trinajstić information content (AvgIpc) is 2.91. The molecule has 8 nitrogen and oxygen atoms in total. The predicted molar refractivity (Wildman–Crippen MR) is 145 cm³/mol. The van der Waals surface area contributed by atoms with Gasteiger partial charge in [0.05, 0.1) is 19.1 Å². The maximum Gasteiger partial charge on any atom is 0.240 e. The summed E-state index contributed by atoms with van der Waals surface area (Å²) in [7, 11) is 1.59. The zero-order chi connectivity index (χ0) is 26.8. The van der Waals surface area contributed by atoms with E-state index in [0.29, 0.717) is 25.1 Å².